The Morgan fingerprint density at radius 3 is 2.55 bits per heavy atom. The van der Waals surface area contributed by atoms with E-state index < -0.39 is 0 Å². The van der Waals surface area contributed by atoms with Crippen molar-refractivity contribution < 1.29 is 9.90 Å². The molecular weight excluding hydrogens is 386 g/mol. The fraction of sp³-hybridized carbons (Fsp3) is 0.174. The molecule has 1 atom stereocenters. The SMILES string of the molecule is Cc1[nH]nc(N=CC2=C(O)CC(c3ccc(Cl)cc3)CC2=O)c1-c1ccccc1. The summed E-state index contributed by atoms with van der Waals surface area (Å²) in [5, 5.41) is 18.3. The Bertz CT molecular complexity index is 1100. The summed E-state index contributed by atoms with van der Waals surface area (Å²) in [5.41, 5.74) is 3.99. The minimum atomic E-state index is -0.133. The number of nitrogens with zero attached hydrogens (tertiary/aromatic N) is 2. The molecule has 0 saturated carbocycles. The number of ketones is 1. The number of allylic oxidation sites excluding steroid dienone is 2. The molecule has 1 aliphatic rings. The van der Waals surface area contributed by atoms with Crippen molar-refractivity contribution in [3.8, 4) is 11.1 Å². The lowest BCUT2D eigenvalue weighted by Gasteiger charge is -2.22. The minimum Gasteiger partial charge on any atom is -0.511 e. The summed E-state index contributed by atoms with van der Waals surface area (Å²) in [6.07, 6.45) is 2.13. The third-order valence-electron chi connectivity index (χ3n) is 5.13. The van der Waals surface area contributed by atoms with Gasteiger partial charge in [-0.15, -0.1) is 0 Å². The number of nitrogens with one attached hydrogen (secondary N) is 1. The molecule has 0 fully saturated rings. The second kappa shape index (κ2) is 8.05. The number of rotatable bonds is 4. The Morgan fingerprint density at radius 2 is 1.86 bits per heavy atom. The van der Waals surface area contributed by atoms with Crippen LogP contribution >= 0.6 is 11.6 Å². The zero-order valence-electron chi connectivity index (χ0n) is 15.9. The number of benzene rings is 2. The lowest BCUT2D eigenvalue weighted by molar-refractivity contribution is -0.116. The first-order chi connectivity index (χ1) is 14.0. The van der Waals surface area contributed by atoms with Crippen LogP contribution in [0, 0.1) is 6.92 Å². The number of aromatic amines is 1. The highest BCUT2D eigenvalue weighted by Crippen LogP contribution is 2.35. The van der Waals surface area contributed by atoms with Gasteiger partial charge in [-0.3, -0.25) is 9.89 Å². The van der Waals surface area contributed by atoms with Gasteiger partial charge < -0.3 is 5.11 Å². The first-order valence-electron chi connectivity index (χ1n) is 9.38. The standard InChI is InChI=1S/C23H20ClN3O2/c1-14-22(16-5-3-2-4-6-16)23(27-26-14)25-13-19-20(28)11-17(12-21(19)29)15-7-9-18(24)10-8-15/h2-10,13,17,28H,11-12H2,1H3,(H,26,27). The topological polar surface area (TPSA) is 78.3 Å². The summed E-state index contributed by atoms with van der Waals surface area (Å²) in [4.78, 5) is 17.1. The maximum atomic E-state index is 12.7. The number of carbonyl (C=O) groups is 1. The first-order valence-corrected chi connectivity index (χ1v) is 9.76. The number of aliphatic hydroxyl groups is 1. The predicted octanol–water partition coefficient (Wildman–Crippen LogP) is 5.70. The van der Waals surface area contributed by atoms with Gasteiger partial charge in [0.2, 0.25) is 0 Å². The van der Waals surface area contributed by atoms with Crippen molar-refractivity contribution in [2.45, 2.75) is 25.7 Å². The number of H-pyrrole nitrogens is 1. The van der Waals surface area contributed by atoms with Gasteiger partial charge in [-0.05, 0) is 36.1 Å². The molecule has 6 heteroatoms. The van der Waals surface area contributed by atoms with Crippen molar-refractivity contribution in [3.05, 3.63) is 82.2 Å². The number of hydrogen-bond donors (Lipinski definition) is 2. The number of carbonyl (C=O) groups excluding carboxylic acids is 1. The number of hydrogen-bond acceptors (Lipinski definition) is 4. The maximum Gasteiger partial charge on any atom is 0.181 e. The Kier molecular flexibility index (Phi) is 5.32. The molecule has 0 spiro atoms. The predicted molar refractivity (Wildman–Crippen MR) is 115 cm³/mol. The van der Waals surface area contributed by atoms with Crippen LogP contribution in [0.4, 0.5) is 5.82 Å². The van der Waals surface area contributed by atoms with E-state index in [1.807, 2.05) is 49.4 Å². The lowest BCUT2D eigenvalue weighted by atomic mass is 9.83. The number of aliphatic hydroxyl groups excluding tert-OH is 1. The molecule has 3 aromatic rings. The monoisotopic (exact) mass is 405 g/mol. The third kappa shape index (κ3) is 4.00. The quantitative estimate of drug-likeness (QED) is 0.546. The molecule has 0 radical (unpaired) electrons. The Balaban J connectivity index is 1.60. The smallest absolute Gasteiger partial charge is 0.181 e. The average molecular weight is 406 g/mol. The molecule has 5 nitrogen and oxygen atoms in total. The van der Waals surface area contributed by atoms with Crippen LogP contribution in [0.3, 0.4) is 0 Å². The molecule has 2 aromatic carbocycles. The number of Topliss-reactive ketones (excluding diaryl/α,β-unsaturated/α-hetero) is 1. The number of aryl methyl sites for hydroxylation is 1. The van der Waals surface area contributed by atoms with Crippen LogP contribution < -0.4 is 0 Å². The summed E-state index contributed by atoms with van der Waals surface area (Å²) in [5.74, 6) is 0.343. The minimum absolute atomic E-state index is 0.0541. The second-order valence-electron chi connectivity index (χ2n) is 7.11. The van der Waals surface area contributed by atoms with Gasteiger partial charge in [-0.25, -0.2) is 4.99 Å². The van der Waals surface area contributed by atoms with Crippen LogP contribution in [0.25, 0.3) is 11.1 Å². The van der Waals surface area contributed by atoms with E-state index in [0.717, 1.165) is 22.4 Å². The molecule has 0 saturated heterocycles. The van der Waals surface area contributed by atoms with Crippen molar-refractivity contribution in [2.24, 2.45) is 4.99 Å². The zero-order valence-corrected chi connectivity index (χ0v) is 16.6. The molecule has 2 N–H and O–H groups in total. The fourth-order valence-corrected chi connectivity index (χ4v) is 3.74. The van der Waals surface area contributed by atoms with Gasteiger partial charge in [0.1, 0.15) is 5.76 Å². The van der Waals surface area contributed by atoms with Crippen molar-refractivity contribution in [3.63, 3.8) is 0 Å². The summed E-state index contributed by atoms with van der Waals surface area (Å²) in [6, 6.07) is 17.2. The fourth-order valence-electron chi connectivity index (χ4n) is 3.61. The molecule has 1 unspecified atom stereocenters. The van der Waals surface area contributed by atoms with Crippen LogP contribution in [-0.2, 0) is 4.79 Å². The Morgan fingerprint density at radius 1 is 1.14 bits per heavy atom. The van der Waals surface area contributed by atoms with Gasteiger partial charge in [-0.1, -0.05) is 54.1 Å². The average Bonchev–Trinajstić information content (AvgIpc) is 3.09. The normalized spacial score (nSPS) is 17.3. The number of aliphatic imine (C=N–C) groups is 1. The van der Waals surface area contributed by atoms with E-state index in [1.165, 1.54) is 6.21 Å². The molecular formula is C23H20ClN3O2. The van der Waals surface area contributed by atoms with Crippen LogP contribution in [0.15, 0.2) is 70.9 Å². The van der Waals surface area contributed by atoms with Crippen LogP contribution in [-0.4, -0.2) is 27.3 Å². The third-order valence-corrected chi connectivity index (χ3v) is 5.38. The van der Waals surface area contributed by atoms with Crippen LogP contribution in [0.2, 0.25) is 5.02 Å². The Hall–Kier alpha value is -3.18. The molecule has 4 rings (SSSR count). The van der Waals surface area contributed by atoms with E-state index in [4.69, 9.17) is 11.6 Å². The zero-order chi connectivity index (χ0) is 20.4. The highest BCUT2D eigenvalue weighted by Gasteiger charge is 2.28. The summed E-state index contributed by atoms with van der Waals surface area (Å²) in [6.45, 7) is 1.92. The van der Waals surface area contributed by atoms with E-state index >= 15 is 0 Å². The van der Waals surface area contributed by atoms with Gasteiger partial charge in [0.05, 0.1) is 5.57 Å². The highest BCUT2D eigenvalue weighted by molar-refractivity contribution is 6.30. The van der Waals surface area contributed by atoms with Gasteiger partial charge in [-0.2, -0.15) is 5.10 Å². The van der Waals surface area contributed by atoms with Gasteiger partial charge >= 0.3 is 0 Å². The molecule has 146 valence electrons. The van der Waals surface area contributed by atoms with E-state index in [9.17, 15) is 9.90 Å². The molecule has 0 bridgehead atoms. The molecule has 1 heterocycles. The summed E-state index contributed by atoms with van der Waals surface area (Å²) >= 11 is 5.94. The maximum absolute atomic E-state index is 12.7. The van der Waals surface area contributed by atoms with Crippen molar-refractivity contribution >= 4 is 29.4 Å². The summed E-state index contributed by atoms with van der Waals surface area (Å²) < 4.78 is 0. The molecule has 0 amide bonds. The van der Waals surface area contributed by atoms with Crippen molar-refractivity contribution in [1.29, 1.82) is 0 Å². The van der Waals surface area contributed by atoms with Gasteiger partial charge in [0.15, 0.2) is 11.6 Å². The molecule has 1 aromatic heterocycles. The van der Waals surface area contributed by atoms with Crippen LogP contribution in [0.5, 0.6) is 0 Å². The first kappa shape index (κ1) is 19.2. The van der Waals surface area contributed by atoms with Crippen molar-refractivity contribution in [2.75, 3.05) is 0 Å². The van der Waals surface area contributed by atoms with E-state index in [2.05, 4.69) is 15.2 Å². The van der Waals surface area contributed by atoms with E-state index in [0.29, 0.717) is 23.7 Å². The molecule has 0 aliphatic heterocycles. The number of aromatic nitrogens is 2. The second-order valence-corrected chi connectivity index (χ2v) is 7.55. The lowest BCUT2D eigenvalue weighted by Crippen LogP contribution is -2.19. The molecule has 29 heavy (non-hydrogen) atoms. The van der Waals surface area contributed by atoms with Crippen LogP contribution in [0.1, 0.15) is 30.0 Å². The van der Waals surface area contributed by atoms with Gasteiger partial charge in [0, 0.05) is 35.3 Å². The van der Waals surface area contributed by atoms with Crippen molar-refractivity contribution in [1.82, 2.24) is 10.2 Å². The van der Waals surface area contributed by atoms with E-state index in [-0.39, 0.29) is 23.0 Å². The van der Waals surface area contributed by atoms with Gasteiger partial charge in [0.25, 0.3) is 0 Å². The highest BCUT2D eigenvalue weighted by atomic mass is 35.5. The van der Waals surface area contributed by atoms with E-state index in [1.54, 1.807) is 12.1 Å². The number of halogens is 1. The largest absolute Gasteiger partial charge is 0.511 e. The molecule has 1 aliphatic carbocycles. The summed E-state index contributed by atoms with van der Waals surface area (Å²) in [7, 11) is 0. The Labute approximate surface area is 173 Å².